The maximum atomic E-state index is 8.63. The van der Waals surface area contributed by atoms with E-state index in [9.17, 15) is 0 Å². The molecular weight excluding hydrogens is 534 g/mol. The zero-order valence-electron chi connectivity index (χ0n) is 26.5. The smallest absolute Gasteiger partial charge is 0.505 e. The molecule has 238 valence electrons. The van der Waals surface area contributed by atoms with Gasteiger partial charge >= 0.3 is 8.80 Å². The third-order valence-electron chi connectivity index (χ3n) is 7.71. The number of nitrogens with zero attached hydrogens (tertiary/aromatic N) is 1. The number of hydrogen-bond donors (Lipinski definition) is 1. The molecule has 0 bridgehead atoms. The molecule has 1 N–H and O–H groups in total. The lowest BCUT2D eigenvalue weighted by Gasteiger charge is -2.40. The van der Waals surface area contributed by atoms with E-state index in [1.165, 1.54) is 140 Å². The second-order valence-electron chi connectivity index (χ2n) is 11.0. The highest BCUT2D eigenvalue weighted by Crippen LogP contribution is 2.21. The van der Waals surface area contributed by atoms with Gasteiger partial charge in [0, 0.05) is 21.3 Å². The maximum Gasteiger partial charge on any atom is 0.505 e. The number of unbranched alkanes of at least 4 members (excludes halogenated alkanes) is 15. The molecule has 0 fully saturated rings. The quantitative estimate of drug-likeness (QED) is 0.0338. The Morgan fingerprint density at radius 1 is 0.564 bits per heavy atom. The van der Waals surface area contributed by atoms with Gasteiger partial charge in [0.2, 0.25) is 10.4 Å². The SMILES string of the molecule is CCCCCCCCCCCCCCCCCC[N+](CCC)(CCC)CC[Si](OC)(OC)OC.O=S(=O)([O-])O. The topological polar surface area (TPSA) is 105 Å². The van der Waals surface area contributed by atoms with Crippen molar-refractivity contribution in [1.82, 2.24) is 0 Å². The van der Waals surface area contributed by atoms with Crippen LogP contribution in [0.25, 0.3) is 0 Å². The Morgan fingerprint density at radius 2 is 0.872 bits per heavy atom. The molecule has 0 heterocycles. The summed E-state index contributed by atoms with van der Waals surface area (Å²) in [5, 5.41) is 0. The molecular formula is C29H65NO7SSi. The molecule has 0 aromatic heterocycles. The van der Waals surface area contributed by atoms with Crippen LogP contribution in [-0.4, -0.2) is 78.3 Å². The van der Waals surface area contributed by atoms with Crippen LogP contribution < -0.4 is 0 Å². The second kappa shape index (κ2) is 26.8. The minimum absolute atomic E-state index is 0.912. The Labute approximate surface area is 244 Å². The Kier molecular flexibility index (Phi) is 28.2. The van der Waals surface area contributed by atoms with Gasteiger partial charge in [-0.2, -0.15) is 0 Å². The molecule has 0 aliphatic carbocycles. The molecule has 8 nitrogen and oxygen atoms in total. The summed E-state index contributed by atoms with van der Waals surface area (Å²) in [6, 6.07) is 0.912. The van der Waals surface area contributed by atoms with Gasteiger partial charge in [-0.1, -0.05) is 111 Å². The third-order valence-corrected chi connectivity index (χ3v) is 10.4. The van der Waals surface area contributed by atoms with Crippen molar-refractivity contribution in [1.29, 1.82) is 0 Å². The van der Waals surface area contributed by atoms with Crippen molar-refractivity contribution in [3.8, 4) is 0 Å². The normalized spacial score (nSPS) is 12.4. The zero-order chi connectivity index (χ0) is 29.9. The lowest BCUT2D eigenvalue weighted by Crippen LogP contribution is -2.54. The fraction of sp³-hybridized carbons (Fsp3) is 1.00. The van der Waals surface area contributed by atoms with E-state index in [1.54, 1.807) is 21.3 Å². The third kappa shape index (κ3) is 26.6. The molecule has 0 aromatic carbocycles. The Balaban J connectivity index is 0. The lowest BCUT2D eigenvalue weighted by atomic mass is 10.0. The summed E-state index contributed by atoms with van der Waals surface area (Å²) < 4.78 is 51.2. The molecule has 10 heteroatoms. The van der Waals surface area contributed by atoms with E-state index in [2.05, 4.69) is 20.8 Å². The van der Waals surface area contributed by atoms with E-state index in [-0.39, 0.29) is 0 Å². The zero-order valence-corrected chi connectivity index (χ0v) is 28.3. The van der Waals surface area contributed by atoms with Crippen LogP contribution >= 0.6 is 0 Å². The van der Waals surface area contributed by atoms with Crippen LogP contribution in [0.3, 0.4) is 0 Å². The molecule has 0 unspecified atom stereocenters. The summed E-state index contributed by atoms with van der Waals surface area (Å²) in [5.41, 5.74) is 0. The molecule has 0 atom stereocenters. The van der Waals surface area contributed by atoms with E-state index >= 15 is 0 Å². The highest BCUT2D eigenvalue weighted by atomic mass is 32.3. The van der Waals surface area contributed by atoms with Gasteiger partial charge in [0.25, 0.3) is 0 Å². The van der Waals surface area contributed by atoms with Crippen molar-refractivity contribution in [3.05, 3.63) is 0 Å². The first-order valence-corrected chi connectivity index (χ1v) is 19.1. The number of rotatable bonds is 27. The summed E-state index contributed by atoms with van der Waals surface area (Å²) in [6.45, 7) is 11.9. The summed E-state index contributed by atoms with van der Waals surface area (Å²) in [4.78, 5) is 0. The maximum absolute atomic E-state index is 8.63. The fourth-order valence-corrected chi connectivity index (χ4v) is 7.41. The second-order valence-corrected chi connectivity index (χ2v) is 15.0. The Bertz CT molecular complexity index is 596. The Hall–Kier alpha value is -0.0731. The van der Waals surface area contributed by atoms with Gasteiger partial charge in [0.15, 0.2) is 0 Å². The largest absolute Gasteiger partial charge is 0.726 e. The van der Waals surface area contributed by atoms with Crippen LogP contribution in [0, 0.1) is 0 Å². The van der Waals surface area contributed by atoms with Gasteiger partial charge in [0.05, 0.1) is 32.2 Å². The van der Waals surface area contributed by atoms with Crippen LogP contribution in [0.4, 0.5) is 0 Å². The van der Waals surface area contributed by atoms with Crippen LogP contribution in [-0.2, 0) is 23.7 Å². The predicted molar refractivity (Wildman–Crippen MR) is 164 cm³/mol. The molecule has 0 spiro atoms. The molecule has 0 aliphatic rings. The first-order chi connectivity index (χ1) is 18.6. The standard InChI is InChI=1S/C29H64NO3Si.H2O4S/c1-7-10-11-12-13-14-15-16-17-18-19-20-21-22-23-24-27-30(25-8-2,26-9-3)28-29-34(31-4,32-5)33-6;1-5(2,3)4/h7-29H2,1-6H3;(H2,1,2,3,4)/q+1;/p-1. The van der Waals surface area contributed by atoms with E-state index in [0.29, 0.717) is 0 Å². The predicted octanol–water partition coefficient (Wildman–Crippen LogP) is 7.77. The molecule has 0 amide bonds. The summed E-state index contributed by atoms with van der Waals surface area (Å²) in [7, 11) is -2.19. The lowest BCUT2D eigenvalue weighted by molar-refractivity contribution is -0.927. The van der Waals surface area contributed by atoms with Crippen molar-refractivity contribution in [2.45, 2.75) is 142 Å². The highest BCUT2D eigenvalue weighted by molar-refractivity contribution is 7.79. The number of quaternary nitrogens is 1. The summed E-state index contributed by atoms with van der Waals surface area (Å²) in [6.07, 6.45) is 25.4. The van der Waals surface area contributed by atoms with Crippen LogP contribution in [0.1, 0.15) is 136 Å². The van der Waals surface area contributed by atoms with Crippen molar-refractivity contribution in [3.63, 3.8) is 0 Å². The van der Waals surface area contributed by atoms with Crippen molar-refractivity contribution >= 4 is 19.2 Å². The minimum Gasteiger partial charge on any atom is -0.726 e. The Morgan fingerprint density at radius 3 is 1.15 bits per heavy atom. The number of hydrogen-bond acceptors (Lipinski definition) is 6. The van der Waals surface area contributed by atoms with E-state index in [1.807, 2.05) is 0 Å². The molecule has 0 aliphatic heterocycles. The summed E-state index contributed by atoms with van der Waals surface area (Å²) in [5.74, 6) is 0. The van der Waals surface area contributed by atoms with E-state index < -0.39 is 19.2 Å². The average molecular weight is 600 g/mol. The van der Waals surface area contributed by atoms with Gasteiger partial charge in [-0.05, 0) is 25.7 Å². The first kappa shape index (κ1) is 41.1. The fourth-order valence-electron chi connectivity index (χ4n) is 5.55. The molecule has 0 rings (SSSR count). The van der Waals surface area contributed by atoms with Crippen LogP contribution in [0.2, 0.25) is 6.04 Å². The first-order valence-electron chi connectivity index (χ1n) is 15.8. The van der Waals surface area contributed by atoms with Crippen molar-refractivity contribution in [2.24, 2.45) is 0 Å². The van der Waals surface area contributed by atoms with E-state index in [0.717, 1.165) is 12.6 Å². The molecule has 39 heavy (non-hydrogen) atoms. The van der Waals surface area contributed by atoms with Crippen LogP contribution in [0.15, 0.2) is 0 Å². The van der Waals surface area contributed by atoms with E-state index in [4.69, 9.17) is 30.8 Å². The van der Waals surface area contributed by atoms with Crippen LogP contribution in [0.5, 0.6) is 0 Å². The molecule has 0 aromatic rings. The average Bonchev–Trinajstić information content (AvgIpc) is 2.89. The highest BCUT2D eigenvalue weighted by Gasteiger charge is 2.41. The monoisotopic (exact) mass is 599 g/mol. The van der Waals surface area contributed by atoms with Gasteiger partial charge in [-0.3, -0.25) is 4.55 Å². The van der Waals surface area contributed by atoms with Gasteiger partial charge in [0.1, 0.15) is 0 Å². The molecule has 0 saturated heterocycles. The summed E-state index contributed by atoms with van der Waals surface area (Å²) >= 11 is 0. The van der Waals surface area contributed by atoms with Gasteiger partial charge in [-0.25, -0.2) is 8.42 Å². The van der Waals surface area contributed by atoms with Crippen molar-refractivity contribution < 1.29 is 35.3 Å². The van der Waals surface area contributed by atoms with Crippen molar-refractivity contribution in [2.75, 3.05) is 47.5 Å². The minimum atomic E-state index is -4.92. The van der Waals surface area contributed by atoms with Gasteiger partial charge < -0.3 is 22.3 Å². The van der Waals surface area contributed by atoms with Gasteiger partial charge in [-0.15, -0.1) is 0 Å². The molecule has 0 radical (unpaired) electrons. The molecule has 0 saturated carbocycles.